The van der Waals surface area contributed by atoms with E-state index in [0.29, 0.717) is 0 Å². The predicted molar refractivity (Wildman–Crippen MR) is 59.1 cm³/mol. The number of carboxylic acids is 2. The van der Waals surface area contributed by atoms with Crippen LogP contribution in [0.4, 0.5) is 0 Å². The monoisotopic (exact) mass is 238 g/mol. The van der Waals surface area contributed by atoms with Crippen LogP contribution < -0.4 is 0 Å². The SMILES string of the molecule is CCSCCSCC(C(=O)O)C(=O)O. The van der Waals surface area contributed by atoms with E-state index in [0.717, 1.165) is 17.3 Å². The molecule has 0 amide bonds. The molecule has 6 heteroatoms. The number of aliphatic carboxylic acids is 2. The first kappa shape index (κ1) is 13.6. The van der Waals surface area contributed by atoms with Crippen LogP contribution in [0, 0.1) is 5.92 Å². The number of thioether (sulfide) groups is 2. The van der Waals surface area contributed by atoms with Crippen LogP contribution in [-0.2, 0) is 9.59 Å². The van der Waals surface area contributed by atoms with Crippen LogP contribution in [0.25, 0.3) is 0 Å². The highest BCUT2D eigenvalue weighted by Gasteiger charge is 2.25. The average molecular weight is 238 g/mol. The summed E-state index contributed by atoms with van der Waals surface area (Å²) in [6.45, 7) is 2.05. The second-order valence-electron chi connectivity index (χ2n) is 2.50. The summed E-state index contributed by atoms with van der Waals surface area (Å²) in [4.78, 5) is 20.9. The molecule has 0 fully saturated rings. The van der Waals surface area contributed by atoms with E-state index in [1.165, 1.54) is 11.8 Å². The lowest BCUT2D eigenvalue weighted by atomic mass is 10.2. The zero-order valence-electron chi connectivity index (χ0n) is 7.93. The van der Waals surface area contributed by atoms with Gasteiger partial charge in [0, 0.05) is 17.3 Å². The Hall–Kier alpha value is -0.360. The van der Waals surface area contributed by atoms with E-state index in [4.69, 9.17) is 10.2 Å². The molecule has 2 N–H and O–H groups in total. The van der Waals surface area contributed by atoms with Gasteiger partial charge >= 0.3 is 11.9 Å². The summed E-state index contributed by atoms with van der Waals surface area (Å²) in [6.07, 6.45) is 0. The molecule has 0 aliphatic rings. The molecule has 82 valence electrons. The third-order valence-corrected chi connectivity index (χ3v) is 3.68. The molecule has 0 unspecified atom stereocenters. The molecule has 0 aromatic rings. The van der Waals surface area contributed by atoms with Crippen molar-refractivity contribution in [2.24, 2.45) is 5.92 Å². The molecule has 14 heavy (non-hydrogen) atoms. The van der Waals surface area contributed by atoms with Gasteiger partial charge in [-0.2, -0.15) is 23.5 Å². The molecule has 0 atom stereocenters. The Morgan fingerprint density at radius 1 is 1.14 bits per heavy atom. The lowest BCUT2D eigenvalue weighted by Gasteiger charge is -2.06. The maximum Gasteiger partial charge on any atom is 0.318 e. The molecule has 0 aromatic heterocycles. The van der Waals surface area contributed by atoms with E-state index >= 15 is 0 Å². The Bertz CT molecular complexity index is 182. The molecule has 0 aliphatic heterocycles. The number of carbonyl (C=O) groups is 2. The van der Waals surface area contributed by atoms with Gasteiger partial charge in [-0.3, -0.25) is 9.59 Å². The standard InChI is InChI=1S/C8H14O4S2/c1-2-13-3-4-14-5-6(7(9)10)8(11)12/h6H,2-5H2,1H3,(H,9,10)(H,11,12). The average Bonchev–Trinajstić information content (AvgIpc) is 2.09. The summed E-state index contributed by atoms with van der Waals surface area (Å²) in [6, 6.07) is 0. The van der Waals surface area contributed by atoms with Gasteiger partial charge in [-0.05, 0) is 5.75 Å². The maximum atomic E-state index is 10.5. The summed E-state index contributed by atoms with van der Waals surface area (Å²) >= 11 is 3.14. The van der Waals surface area contributed by atoms with Crippen LogP contribution in [0.1, 0.15) is 6.92 Å². The van der Waals surface area contributed by atoms with Crippen LogP contribution in [-0.4, -0.2) is 45.2 Å². The quantitative estimate of drug-likeness (QED) is 0.490. The van der Waals surface area contributed by atoms with Crippen LogP contribution in [0.2, 0.25) is 0 Å². The van der Waals surface area contributed by atoms with Gasteiger partial charge in [0.05, 0.1) is 0 Å². The fourth-order valence-electron chi connectivity index (χ4n) is 0.712. The minimum atomic E-state index is -1.27. The minimum Gasteiger partial charge on any atom is -0.481 e. The Labute approximate surface area is 91.5 Å². The topological polar surface area (TPSA) is 74.6 Å². The fourth-order valence-corrected chi connectivity index (χ4v) is 2.63. The van der Waals surface area contributed by atoms with Crippen molar-refractivity contribution in [2.45, 2.75) is 6.92 Å². The number of hydrogen-bond acceptors (Lipinski definition) is 4. The first-order valence-electron chi connectivity index (χ1n) is 4.20. The van der Waals surface area contributed by atoms with Crippen LogP contribution >= 0.6 is 23.5 Å². The summed E-state index contributed by atoms with van der Waals surface area (Å²) in [5.41, 5.74) is 0. The molecule has 0 aliphatic carbocycles. The van der Waals surface area contributed by atoms with Gasteiger partial charge in [0.25, 0.3) is 0 Å². The highest BCUT2D eigenvalue weighted by atomic mass is 32.2. The summed E-state index contributed by atoms with van der Waals surface area (Å²) in [5.74, 6) is -0.868. The first-order valence-corrected chi connectivity index (χ1v) is 6.51. The number of rotatable bonds is 8. The third kappa shape index (κ3) is 6.15. The molecule has 0 spiro atoms. The van der Waals surface area contributed by atoms with Crippen LogP contribution in [0.15, 0.2) is 0 Å². The summed E-state index contributed by atoms with van der Waals surface area (Å²) in [7, 11) is 0. The second-order valence-corrected chi connectivity index (χ2v) is 5.04. The van der Waals surface area contributed by atoms with Gasteiger partial charge in [-0.25, -0.2) is 0 Å². The normalized spacial score (nSPS) is 10.4. The van der Waals surface area contributed by atoms with Gasteiger partial charge < -0.3 is 10.2 Å². The number of carboxylic acid groups (broad SMARTS) is 2. The predicted octanol–water partition coefficient (Wildman–Crippen LogP) is 1.26. The van der Waals surface area contributed by atoms with Crippen molar-refractivity contribution in [1.29, 1.82) is 0 Å². The van der Waals surface area contributed by atoms with Crippen molar-refractivity contribution in [2.75, 3.05) is 23.0 Å². The van der Waals surface area contributed by atoms with E-state index in [2.05, 4.69) is 0 Å². The van der Waals surface area contributed by atoms with Crippen molar-refractivity contribution >= 4 is 35.5 Å². The molecule has 0 rings (SSSR count). The zero-order chi connectivity index (χ0) is 11.0. The Morgan fingerprint density at radius 2 is 1.64 bits per heavy atom. The van der Waals surface area contributed by atoms with E-state index in [1.54, 1.807) is 11.8 Å². The Morgan fingerprint density at radius 3 is 2.07 bits per heavy atom. The van der Waals surface area contributed by atoms with Gasteiger partial charge in [0.2, 0.25) is 0 Å². The lowest BCUT2D eigenvalue weighted by molar-refractivity contribution is -0.153. The minimum absolute atomic E-state index is 0.148. The second kappa shape index (κ2) is 7.99. The van der Waals surface area contributed by atoms with E-state index in [9.17, 15) is 9.59 Å². The molecule has 0 aromatic carbocycles. The number of hydrogen-bond donors (Lipinski definition) is 2. The molecule has 0 heterocycles. The van der Waals surface area contributed by atoms with Gasteiger partial charge in [0.1, 0.15) is 0 Å². The maximum absolute atomic E-state index is 10.5. The smallest absolute Gasteiger partial charge is 0.318 e. The molecule has 4 nitrogen and oxygen atoms in total. The summed E-state index contributed by atoms with van der Waals surface area (Å²) in [5, 5.41) is 17.1. The van der Waals surface area contributed by atoms with E-state index in [-0.39, 0.29) is 5.75 Å². The summed E-state index contributed by atoms with van der Waals surface area (Å²) < 4.78 is 0. The van der Waals surface area contributed by atoms with E-state index in [1.807, 2.05) is 6.92 Å². The fraction of sp³-hybridized carbons (Fsp3) is 0.750. The van der Waals surface area contributed by atoms with Crippen molar-refractivity contribution in [1.82, 2.24) is 0 Å². The Kier molecular flexibility index (Phi) is 7.78. The van der Waals surface area contributed by atoms with Gasteiger partial charge in [-0.1, -0.05) is 6.92 Å². The Balaban J connectivity index is 3.62. The molecule has 0 radical (unpaired) electrons. The van der Waals surface area contributed by atoms with Gasteiger partial charge in [0.15, 0.2) is 5.92 Å². The molecular formula is C8H14O4S2. The van der Waals surface area contributed by atoms with Crippen molar-refractivity contribution < 1.29 is 19.8 Å². The first-order chi connectivity index (χ1) is 6.59. The molecule has 0 saturated carbocycles. The van der Waals surface area contributed by atoms with Crippen molar-refractivity contribution in [3.05, 3.63) is 0 Å². The third-order valence-electron chi connectivity index (χ3n) is 1.46. The van der Waals surface area contributed by atoms with Crippen molar-refractivity contribution in [3.63, 3.8) is 0 Å². The van der Waals surface area contributed by atoms with Crippen LogP contribution in [0.5, 0.6) is 0 Å². The molecular weight excluding hydrogens is 224 g/mol. The molecule has 0 saturated heterocycles. The van der Waals surface area contributed by atoms with Crippen LogP contribution in [0.3, 0.4) is 0 Å². The lowest BCUT2D eigenvalue weighted by Crippen LogP contribution is -2.25. The van der Waals surface area contributed by atoms with Crippen molar-refractivity contribution in [3.8, 4) is 0 Å². The largest absolute Gasteiger partial charge is 0.481 e. The van der Waals surface area contributed by atoms with E-state index < -0.39 is 17.9 Å². The molecule has 0 bridgehead atoms. The highest BCUT2D eigenvalue weighted by Crippen LogP contribution is 2.12. The van der Waals surface area contributed by atoms with Gasteiger partial charge in [-0.15, -0.1) is 0 Å². The highest BCUT2D eigenvalue weighted by molar-refractivity contribution is 8.02. The zero-order valence-corrected chi connectivity index (χ0v) is 9.57.